The van der Waals surface area contributed by atoms with Crippen LogP contribution in [0.3, 0.4) is 0 Å². The molecule has 64 heavy (non-hydrogen) atoms. The number of benzene rings is 4. The van der Waals surface area contributed by atoms with Crippen LogP contribution in [0, 0.1) is 5.82 Å². The molecule has 9 rings (SSSR count). The third-order valence-electron chi connectivity index (χ3n) is 13.7. The van der Waals surface area contributed by atoms with Gasteiger partial charge in [-0.25, -0.2) is 4.39 Å². The quantitative estimate of drug-likeness (QED) is 0.0791. The number of imide groups is 2. The van der Waals surface area contributed by atoms with E-state index >= 15 is 4.39 Å². The predicted molar refractivity (Wildman–Crippen MR) is 237 cm³/mol. The molecule has 2 spiro atoms. The van der Waals surface area contributed by atoms with Gasteiger partial charge in [-0.2, -0.15) is 0 Å². The Morgan fingerprint density at radius 2 is 1.61 bits per heavy atom. The highest BCUT2D eigenvalue weighted by atomic mass is 35.5. The summed E-state index contributed by atoms with van der Waals surface area (Å²) < 4.78 is 16.2. The van der Waals surface area contributed by atoms with Crippen molar-refractivity contribution in [2.24, 2.45) is 0 Å². The Kier molecular flexibility index (Phi) is 11.6. The molecular weight excluding hydrogens is 862 g/mol. The Balaban J connectivity index is 0.841. The minimum absolute atomic E-state index is 0.0451. The van der Waals surface area contributed by atoms with Crippen LogP contribution in [0.4, 0.5) is 15.8 Å². The van der Waals surface area contributed by atoms with Crippen LogP contribution in [0.1, 0.15) is 118 Å². The first-order valence-electron chi connectivity index (χ1n) is 21.7. The SMILES string of the molecule is O=C1CCC(N2C(=O)c3cccc(CCCCCNC(=O)c4ccc(NC(=O)[C@@H]5NC6(CCCCC6)[C@@]6(C(=O)Nc7cc(Cl)ccc76)[C@H]5c5cccc(Cl)c5F)cc4)c3C2=O)C(=O)N1. The van der Waals surface area contributed by atoms with Gasteiger partial charge in [-0.3, -0.25) is 49.1 Å². The van der Waals surface area contributed by atoms with E-state index in [1.165, 1.54) is 6.07 Å². The van der Waals surface area contributed by atoms with Crippen LogP contribution in [0.5, 0.6) is 0 Å². The summed E-state index contributed by atoms with van der Waals surface area (Å²) in [6, 6.07) is 19.3. The van der Waals surface area contributed by atoms with Crippen molar-refractivity contribution in [1.82, 2.24) is 20.9 Å². The van der Waals surface area contributed by atoms with Crippen molar-refractivity contribution in [3.63, 3.8) is 0 Å². The molecule has 16 heteroatoms. The molecule has 4 aromatic rings. The fourth-order valence-electron chi connectivity index (χ4n) is 10.9. The van der Waals surface area contributed by atoms with Crippen LogP contribution < -0.4 is 26.6 Å². The Labute approximate surface area is 378 Å². The highest BCUT2D eigenvalue weighted by molar-refractivity contribution is 6.31. The zero-order valence-electron chi connectivity index (χ0n) is 34.7. The minimum atomic E-state index is -1.37. The normalized spacial score (nSPS) is 23.3. The van der Waals surface area contributed by atoms with Crippen LogP contribution in [-0.4, -0.2) is 70.4 Å². The molecule has 0 radical (unpaired) electrons. The average molecular weight is 908 g/mol. The van der Waals surface area contributed by atoms with Gasteiger partial charge in [-0.15, -0.1) is 0 Å². The summed E-state index contributed by atoms with van der Waals surface area (Å²) in [5, 5.41) is 15.1. The number of hydrogen-bond donors (Lipinski definition) is 5. The standard InChI is InChI=1S/C48H45Cl2FN6O7/c49-28-16-19-32-34(25-28)54-46(64)48(32)38(31-12-8-13-33(50)39(31)51)40(56-47(48)22-4-2-5-23-47)43(61)53-29-17-14-27(15-18-29)41(59)52-24-6-1-3-9-26-10-7-11-30-37(26)45(63)57(44(30)62)35-20-21-36(58)55-42(35)60/h7-8,10-19,25,35,38,40,56H,1-6,9,20-24H2,(H,52,59)(H,53,61)(H,54,64)(H,55,58,60)/t35?,38-,40+,48+/m0/s1. The van der Waals surface area contributed by atoms with Gasteiger partial charge < -0.3 is 16.0 Å². The number of carbonyl (C=O) groups is 7. The zero-order valence-corrected chi connectivity index (χ0v) is 36.2. The number of rotatable bonds is 11. The first-order chi connectivity index (χ1) is 30.8. The van der Waals surface area contributed by atoms with Gasteiger partial charge >= 0.3 is 0 Å². The molecule has 3 fully saturated rings. The second-order valence-electron chi connectivity index (χ2n) is 17.3. The maximum atomic E-state index is 16.2. The fourth-order valence-corrected chi connectivity index (χ4v) is 11.2. The molecule has 1 saturated carbocycles. The van der Waals surface area contributed by atoms with Gasteiger partial charge in [0.15, 0.2) is 0 Å². The van der Waals surface area contributed by atoms with Crippen LogP contribution in [0.15, 0.2) is 78.9 Å². The monoisotopic (exact) mass is 906 g/mol. The summed E-state index contributed by atoms with van der Waals surface area (Å²) in [7, 11) is 0. The molecule has 5 N–H and O–H groups in total. The van der Waals surface area contributed by atoms with Crippen molar-refractivity contribution in [2.45, 2.75) is 99.6 Å². The van der Waals surface area contributed by atoms with E-state index in [2.05, 4.69) is 26.6 Å². The summed E-state index contributed by atoms with van der Waals surface area (Å²) in [6.07, 6.45) is 6.42. The smallest absolute Gasteiger partial charge is 0.262 e. The summed E-state index contributed by atoms with van der Waals surface area (Å²) >= 11 is 12.8. The second kappa shape index (κ2) is 17.2. The van der Waals surface area contributed by atoms with Crippen molar-refractivity contribution in [3.8, 4) is 0 Å². The molecule has 0 aromatic heterocycles. The molecule has 1 aliphatic carbocycles. The number of aryl methyl sites for hydroxylation is 1. The van der Waals surface area contributed by atoms with E-state index in [9.17, 15) is 33.6 Å². The topological polar surface area (TPSA) is 183 Å². The average Bonchev–Trinajstić information content (AvgIpc) is 3.84. The second-order valence-corrected chi connectivity index (χ2v) is 18.1. The van der Waals surface area contributed by atoms with Crippen LogP contribution in [0.25, 0.3) is 0 Å². The van der Waals surface area contributed by atoms with Crippen LogP contribution >= 0.6 is 23.2 Å². The van der Waals surface area contributed by atoms with Crippen molar-refractivity contribution in [1.29, 1.82) is 0 Å². The summed E-state index contributed by atoms with van der Waals surface area (Å²) in [5.41, 5.74) is 1.08. The Morgan fingerprint density at radius 3 is 2.38 bits per heavy atom. The summed E-state index contributed by atoms with van der Waals surface area (Å²) in [4.78, 5) is 94.0. The van der Waals surface area contributed by atoms with E-state index in [1.54, 1.807) is 72.8 Å². The van der Waals surface area contributed by atoms with E-state index < -0.39 is 64.3 Å². The molecule has 13 nitrogen and oxygen atoms in total. The van der Waals surface area contributed by atoms with Gasteiger partial charge in [0, 0.05) is 46.4 Å². The van der Waals surface area contributed by atoms with Gasteiger partial charge in [0.25, 0.3) is 17.7 Å². The van der Waals surface area contributed by atoms with Gasteiger partial charge in [-0.1, -0.05) is 79.2 Å². The van der Waals surface area contributed by atoms with E-state index in [-0.39, 0.29) is 46.4 Å². The predicted octanol–water partition coefficient (Wildman–Crippen LogP) is 6.96. The molecule has 4 heterocycles. The first kappa shape index (κ1) is 43.3. The molecular formula is C48H45Cl2FN6O7. The number of anilines is 2. The number of carbonyl (C=O) groups excluding carboxylic acids is 7. The summed E-state index contributed by atoms with van der Waals surface area (Å²) in [6.45, 7) is 0.381. The number of amides is 7. The molecule has 7 amide bonds. The Bertz CT molecular complexity index is 2630. The first-order valence-corrected chi connectivity index (χ1v) is 22.5. The van der Waals surface area contributed by atoms with Crippen LogP contribution in [-0.2, 0) is 31.0 Å². The lowest BCUT2D eigenvalue weighted by Gasteiger charge is -2.47. The maximum absolute atomic E-state index is 16.2. The molecule has 4 atom stereocenters. The summed E-state index contributed by atoms with van der Waals surface area (Å²) in [5.74, 6) is -4.96. The highest BCUT2D eigenvalue weighted by Gasteiger charge is 2.72. The molecule has 5 aliphatic rings. The number of fused-ring (bicyclic) bond motifs is 4. The number of nitrogens with zero attached hydrogens (tertiary/aromatic N) is 1. The van der Waals surface area contributed by atoms with E-state index in [4.69, 9.17) is 23.2 Å². The molecule has 2 saturated heterocycles. The molecule has 4 aliphatic heterocycles. The molecule has 0 bridgehead atoms. The fraction of sp³-hybridized carbons (Fsp3) is 0.354. The van der Waals surface area contributed by atoms with Crippen molar-refractivity contribution in [3.05, 3.63) is 128 Å². The van der Waals surface area contributed by atoms with E-state index in [0.717, 1.165) is 24.2 Å². The van der Waals surface area contributed by atoms with Crippen molar-refractivity contribution in [2.75, 3.05) is 17.2 Å². The third-order valence-corrected chi connectivity index (χ3v) is 14.2. The van der Waals surface area contributed by atoms with Crippen LogP contribution in [0.2, 0.25) is 10.0 Å². The lowest BCUT2D eigenvalue weighted by Crippen LogP contribution is -2.60. The molecule has 330 valence electrons. The van der Waals surface area contributed by atoms with Gasteiger partial charge in [-0.05, 0) is 104 Å². The molecule has 1 unspecified atom stereocenters. The van der Waals surface area contributed by atoms with E-state index in [0.29, 0.717) is 78.2 Å². The maximum Gasteiger partial charge on any atom is 0.262 e. The number of hydrogen-bond acceptors (Lipinski definition) is 8. The van der Waals surface area contributed by atoms with Gasteiger partial charge in [0.1, 0.15) is 17.3 Å². The van der Waals surface area contributed by atoms with E-state index in [1.807, 2.05) is 0 Å². The molecule has 4 aromatic carbocycles. The highest BCUT2D eigenvalue weighted by Crippen LogP contribution is 2.63. The van der Waals surface area contributed by atoms with Crippen molar-refractivity contribution < 1.29 is 38.0 Å². The number of halogens is 3. The van der Waals surface area contributed by atoms with Gasteiger partial charge in [0.05, 0.1) is 22.2 Å². The minimum Gasteiger partial charge on any atom is -0.352 e. The Hall–Kier alpha value is -5.96. The largest absolute Gasteiger partial charge is 0.352 e. The lowest BCUT2D eigenvalue weighted by molar-refractivity contribution is -0.136. The lowest BCUT2D eigenvalue weighted by atomic mass is 9.55. The third kappa shape index (κ3) is 7.25. The number of nitrogens with one attached hydrogen (secondary N) is 5. The van der Waals surface area contributed by atoms with Crippen molar-refractivity contribution >= 4 is 75.9 Å². The zero-order chi connectivity index (χ0) is 44.9. The number of unbranched alkanes of at least 4 members (excludes halogenated alkanes) is 2. The van der Waals surface area contributed by atoms with Gasteiger partial charge in [0.2, 0.25) is 23.6 Å². The number of piperidine rings is 1. The Morgan fingerprint density at radius 1 is 0.844 bits per heavy atom.